The highest BCUT2D eigenvalue weighted by molar-refractivity contribution is 7.98. The number of hydrogen-bond acceptors (Lipinski definition) is 5. The van der Waals surface area contributed by atoms with Gasteiger partial charge in [-0.2, -0.15) is 11.8 Å². The van der Waals surface area contributed by atoms with Crippen LogP contribution in [-0.2, 0) is 9.59 Å². The fraction of sp³-hybridized carbons (Fsp3) is 0.500. The summed E-state index contributed by atoms with van der Waals surface area (Å²) < 4.78 is 0. The number of benzene rings is 1. The van der Waals surface area contributed by atoms with Crippen molar-refractivity contribution in [2.75, 3.05) is 38.2 Å². The van der Waals surface area contributed by atoms with Crippen LogP contribution in [0.25, 0.3) is 0 Å². The maximum absolute atomic E-state index is 12.8. The van der Waals surface area contributed by atoms with Gasteiger partial charge in [0.15, 0.2) is 0 Å². The Bertz CT molecular complexity index is 695. The van der Waals surface area contributed by atoms with Gasteiger partial charge in [-0.15, -0.1) is 0 Å². The molecule has 0 aromatic heterocycles. The van der Waals surface area contributed by atoms with E-state index >= 15 is 0 Å². The number of thioether (sulfide) groups is 1. The molecule has 1 aliphatic heterocycles. The van der Waals surface area contributed by atoms with Crippen molar-refractivity contribution >= 4 is 41.2 Å². The maximum atomic E-state index is 12.8. The molecule has 1 aromatic carbocycles. The van der Waals surface area contributed by atoms with E-state index in [-0.39, 0.29) is 5.91 Å². The molecular weight excluding hydrogens is 402 g/mol. The molecule has 1 fully saturated rings. The zero-order chi connectivity index (χ0) is 20.7. The average Bonchev–Trinajstić information content (AvgIpc) is 2.66. The monoisotopic (exact) mass is 427 g/mol. The van der Waals surface area contributed by atoms with Gasteiger partial charge < -0.3 is 21.7 Å². The van der Waals surface area contributed by atoms with Gasteiger partial charge in [0.2, 0.25) is 11.8 Å². The van der Waals surface area contributed by atoms with Crippen LogP contribution in [0.1, 0.15) is 18.0 Å². The first-order valence-corrected chi connectivity index (χ1v) is 10.7. The van der Waals surface area contributed by atoms with Gasteiger partial charge in [-0.05, 0) is 36.1 Å². The van der Waals surface area contributed by atoms with E-state index in [0.29, 0.717) is 37.6 Å². The number of primary amides is 2. The molecule has 1 saturated heterocycles. The predicted octanol–water partition coefficient (Wildman–Crippen LogP) is 0.801. The van der Waals surface area contributed by atoms with Gasteiger partial charge in [0.1, 0.15) is 12.1 Å². The Morgan fingerprint density at radius 1 is 1.14 bits per heavy atom. The van der Waals surface area contributed by atoms with E-state index in [9.17, 15) is 14.4 Å². The number of carbonyl (C=O) groups excluding carboxylic acids is 3. The summed E-state index contributed by atoms with van der Waals surface area (Å²) in [6, 6.07) is 5.08. The molecule has 0 unspecified atom stereocenters. The molecule has 1 aliphatic rings. The van der Waals surface area contributed by atoms with Crippen LogP contribution in [-0.4, -0.2) is 71.9 Å². The molecule has 154 valence electrons. The molecule has 0 saturated carbocycles. The number of urea groups is 1. The normalized spacial score (nSPS) is 17.0. The molecule has 1 heterocycles. The van der Waals surface area contributed by atoms with Crippen molar-refractivity contribution in [3.8, 4) is 0 Å². The minimum atomic E-state index is -0.713. The Hall–Kier alpha value is -1.97. The summed E-state index contributed by atoms with van der Waals surface area (Å²) in [6.45, 7) is 1.86. The second kappa shape index (κ2) is 10.5. The summed E-state index contributed by atoms with van der Waals surface area (Å²) in [5, 5.41) is 3.11. The lowest BCUT2D eigenvalue weighted by Gasteiger charge is -2.39. The van der Waals surface area contributed by atoms with E-state index < -0.39 is 24.0 Å². The second-order valence-corrected chi connectivity index (χ2v) is 7.98. The van der Waals surface area contributed by atoms with Gasteiger partial charge in [0, 0.05) is 31.2 Å². The topological polar surface area (TPSA) is 122 Å². The summed E-state index contributed by atoms with van der Waals surface area (Å²) in [5.41, 5.74) is 11.6. The lowest BCUT2D eigenvalue weighted by molar-refractivity contribution is -0.136. The van der Waals surface area contributed by atoms with Crippen molar-refractivity contribution in [3.05, 3.63) is 34.9 Å². The minimum absolute atomic E-state index is 0.158. The third-order valence-electron chi connectivity index (χ3n) is 4.67. The second-order valence-electron chi connectivity index (χ2n) is 6.56. The standard InChI is InChI=1S/C18H26ClN5O3S/c1-28-11-6-14(22-18(21)27)17(26)24-9-7-23(8-10-24)15(16(20)25)12-2-4-13(19)5-3-12/h2-5,14-15H,6-11H2,1H3,(H2,20,25)(H3,21,22,27)/t14-,15-/m0/s1. The van der Waals surface area contributed by atoms with Crippen molar-refractivity contribution in [1.29, 1.82) is 0 Å². The molecule has 8 nitrogen and oxygen atoms in total. The number of nitrogens with zero attached hydrogens (tertiary/aromatic N) is 2. The lowest BCUT2D eigenvalue weighted by atomic mass is 10.0. The molecule has 5 N–H and O–H groups in total. The van der Waals surface area contributed by atoms with Gasteiger partial charge >= 0.3 is 6.03 Å². The maximum Gasteiger partial charge on any atom is 0.312 e. The van der Waals surface area contributed by atoms with E-state index in [0.717, 1.165) is 11.3 Å². The number of nitrogens with one attached hydrogen (secondary N) is 1. The first-order chi connectivity index (χ1) is 13.3. The minimum Gasteiger partial charge on any atom is -0.368 e. The number of amides is 4. The van der Waals surface area contributed by atoms with Crippen LogP contribution in [0, 0.1) is 0 Å². The van der Waals surface area contributed by atoms with Crippen molar-refractivity contribution < 1.29 is 14.4 Å². The van der Waals surface area contributed by atoms with Crippen molar-refractivity contribution in [1.82, 2.24) is 15.1 Å². The molecule has 0 radical (unpaired) electrons. The van der Waals surface area contributed by atoms with Gasteiger partial charge in [-0.25, -0.2) is 4.79 Å². The first-order valence-electron chi connectivity index (χ1n) is 8.96. The van der Waals surface area contributed by atoms with Crippen LogP contribution in [0.5, 0.6) is 0 Å². The Labute approximate surface area is 173 Å². The Kier molecular flexibility index (Phi) is 8.40. The van der Waals surface area contributed by atoms with Crippen LogP contribution >= 0.6 is 23.4 Å². The highest BCUT2D eigenvalue weighted by atomic mass is 35.5. The molecule has 1 aromatic rings. The Balaban J connectivity index is 2.02. The van der Waals surface area contributed by atoms with E-state index in [2.05, 4.69) is 5.32 Å². The van der Waals surface area contributed by atoms with E-state index in [1.54, 1.807) is 40.9 Å². The van der Waals surface area contributed by atoms with Crippen molar-refractivity contribution in [2.45, 2.75) is 18.5 Å². The number of nitrogens with two attached hydrogens (primary N) is 2. The molecule has 0 spiro atoms. The molecule has 0 bridgehead atoms. The number of halogens is 1. The van der Waals surface area contributed by atoms with Gasteiger partial charge in [-0.3, -0.25) is 14.5 Å². The summed E-state index contributed by atoms with van der Waals surface area (Å²) >= 11 is 7.52. The fourth-order valence-electron chi connectivity index (χ4n) is 3.29. The first kappa shape index (κ1) is 22.3. The van der Waals surface area contributed by atoms with Crippen LogP contribution in [0.4, 0.5) is 4.79 Å². The van der Waals surface area contributed by atoms with Gasteiger partial charge in [-0.1, -0.05) is 23.7 Å². The zero-order valence-corrected chi connectivity index (χ0v) is 17.3. The zero-order valence-electron chi connectivity index (χ0n) is 15.8. The molecule has 28 heavy (non-hydrogen) atoms. The number of piperazine rings is 1. The van der Waals surface area contributed by atoms with Crippen LogP contribution < -0.4 is 16.8 Å². The summed E-state index contributed by atoms with van der Waals surface area (Å²) in [6.07, 6.45) is 2.45. The SMILES string of the molecule is CSCC[C@H](NC(N)=O)C(=O)N1CCN([C@H](C(N)=O)c2ccc(Cl)cc2)CC1. The molecule has 2 rings (SSSR count). The quantitative estimate of drug-likeness (QED) is 0.566. The molecule has 4 amide bonds. The third kappa shape index (κ3) is 6.02. The van der Waals surface area contributed by atoms with Crippen molar-refractivity contribution in [3.63, 3.8) is 0 Å². The number of hydrogen-bond donors (Lipinski definition) is 3. The third-order valence-corrected chi connectivity index (χ3v) is 5.57. The summed E-state index contributed by atoms with van der Waals surface area (Å²) in [4.78, 5) is 39.7. The molecular formula is C18H26ClN5O3S. The van der Waals surface area contributed by atoms with Crippen molar-refractivity contribution in [2.24, 2.45) is 11.5 Å². The number of rotatable bonds is 8. The van der Waals surface area contributed by atoms with Gasteiger partial charge in [0.05, 0.1) is 0 Å². The van der Waals surface area contributed by atoms with Crippen LogP contribution in [0.2, 0.25) is 5.02 Å². The summed E-state index contributed by atoms with van der Waals surface area (Å²) in [5.74, 6) is 0.127. The van der Waals surface area contributed by atoms with E-state index in [1.807, 2.05) is 11.2 Å². The Morgan fingerprint density at radius 2 is 1.75 bits per heavy atom. The molecule has 2 atom stereocenters. The highest BCUT2D eigenvalue weighted by Crippen LogP contribution is 2.24. The summed E-state index contributed by atoms with van der Waals surface area (Å²) in [7, 11) is 0. The van der Waals surface area contributed by atoms with Crippen LogP contribution in [0.15, 0.2) is 24.3 Å². The average molecular weight is 428 g/mol. The fourth-order valence-corrected chi connectivity index (χ4v) is 3.88. The lowest BCUT2D eigenvalue weighted by Crippen LogP contribution is -2.57. The predicted molar refractivity (Wildman–Crippen MR) is 111 cm³/mol. The highest BCUT2D eigenvalue weighted by Gasteiger charge is 2.32. The largest absolute Gasteiger partial charge is 0.368 e. The smallest absolute Gasteiger partial charge is 0.312 e. The molecule has 10 heteroatoms. The van der Waals surface area contributed by atoms with E-state index in [1.165, 1.54) is 0 Å². The van der Waals surface area contributed by atoms with Gasteiger partial charge in [0.25, 0.3) is 0 Å². The molecule has 0 aliphatic carbocycles. The van der Waals surface area contributed by atoms with E-state index in [4.69, 9.17) is 23.1 Å². The number of carbonyl (C=O) groups is 3. The Morgan fingerprint density at radius 3 is 2.25 bits per heavy atom. The van der Waals surface area contributed by atoms with Crippen LogP contribution in [0.3, 0.4) is 0 Å².